The molecule has 0 aromatic heterocycles. The van der Waals surface area contributed by atoms with Crippen LogP contribution in [0.1, 0.15) is 31.8 Å². The fourth-order valence-electron chi connectivity index (χ4n) is 4.93. The predicted octanol–water partition coefficient (Wildman–Crippen LogP) is 7.65. The van der Waals surface area contributed by atoms with Crippen LogP contribution in [-0.2, 0) is 13.1 Å². The van der Waals surface area contributed by atoms with E-state index in [9.17, 15) is 9.59 Å². The van der Waals surface area contributed by atoms with E-state index in [-0.39, 0.29) is 11.8 Å². The minimum Gasteiger partial charge on any atom is -0.457 e. The van der Waals surface area contributed by atoms with Crippen molar-refractivity contribution in [3.05, 3.63) is 156 Å². The van der Waals surface area contributed by atoms with E-state index < -0.39 is 0 Å². The zero-order valence-electron chi connectivity index (χ0n) is 22.3. The quantitative estimate of drug-likeness (QED) is 0.210. The minimum absolute atomic E-state index is 0.150. The van der Waals surface area contributed by atoms with Crippen LogP contribution in [0.15, 0.2) is 133 Å². The number of rotatable bonds is 8. The molecule has 5 heteroatoms. The number of benzene rings is 6. The molecule has 0 aliphatic carbocycles. The van der Waals surface area contributed by atoms with Gasteiger partial charge >= 0.3 is 0 Å². The standard InChI is InChI=1S/C36H28N2O3/c39-35(37-23-29-11-5-9-25-7-1-3-13-33(25)29)27-15-19-31(20-16-27)41-32-21-17-28(18-22-32)36(40)38-24-30-12-6-10-26-8-2-4-14-34(26)30/h1-22H,23-24H2,(H,37,39)(H,38,40). The molecule has 0 saturated carbocycles. The highest BCUT2D eigenvalue weighted by molar-refractivity contribution is 5.95. The first-order valence-corrected chi connectivity index (χ1v) is 13.5. The van der Waals surface area contributed by atoms with E-state index >= 15 is 0 Å². The molecule has 6 aromatic carbocycles. The number of fused-ring (bicyclic) bond motifs is 2. The van der Waals surface area contributed by atoms with E-state index in [4.69, 9.17) is 4.74 Å². The maximum absolute atomic E-state index is 12.7. The highest BCUT2D eigenvalue weighted by atomic mass is 16.5. The molecule has 0 bridgehead atoms. The van der Waals surface area contributed by atoms with Gasteiger partial charge in [-0.3, -0.25) is 9.59 Å². The number of carbonyl (C=O) groups is 2. The van der Waals surface area contributed by atoms with Crippen LogP contribution in [0.4, 0.5) is 0 Å². The average Bonchev–Trinajstić information content (AvgIpc) is 3.03. The molecule has 2 N–H and O–H groups in total. The topological polar surface area (TPSA) is 67.4 Å². The van der Waals surface area contributed by atoms with Crippen LogP contribution in [0, 0.1) is 0 Å². The number of hydrogen-bond donors (Lipinski definition) is 2. The van der Waals surface area contributed by atoms with Crippen molar-refractivity contribution in [2.24, 2.45) is 0 Å². The normalized spacial score (nSPS) is 10.8. The maximum atomic E-state index is 12.7. The third-order valence-electron chi connectivity index (χ3n) is 7.11. The zero-order chi connectivity index (χ0) is 28.0. The highest BCUT2D eigenvalue weighted by Crippen LogP contribution is 2.23. The molecular formula is C36H28N2O3. The summed E-state index contributed by atoms with van der Waals surface area (Å²) in [5.41, 5.74) is 3.25. The summed E-state index contributed by atoms with van der Waals surface area (Å²) in [6.45, 7) is 0.889. The SMILES string of the molecule is O=C(NCc1cccc2ccccc12)c1ccc(Oc2ccc(C(=O)NCc3cccc4ccccc34)cc2)cc1. The molecule has 200 valence electrons. The number of amides is 2. The molecule has 2 amide bonds. The Morgan fingerprint density at radius 3 is 1.29 bits per heavy atom. The lowest BCUT2D eigenvalue weighted by Crippen LogP contribution is -2.22. The number of hydrogen-bond acceptors (Lipinski definition) is 3. The summed E-state index contributed by atoms with van der Waals surface area (Å²) in [5, 5.41) is 10.6. The van der Waals surface area contributed by atoms with Crippen LogP contribution in [0.5, 0.6) is 11.5 Å². The second-order valence-electron chi connectivity index (χ2n) is 9.79. The fourth-order valence-corrected chi connectivity index (χ4v) is 4.93. The molecular weight excluding hydrogens is 508 g/mol. The molecule has 0 atom stereocenters. The first-order chi connectivity index (χ1) is 20.1. The molecule has 6 rings (SSSR count). The molecule has 5 nitrogen and oxygen atoms in total. The summed E-state index contributed by atoms with van der Waals surface area (Å²) < 4.78 is 5.94. The van der Waals surface area contributed by atoms with E-state index in [1.54, 1.807) is 48.5 Å². The Hall–Kier alpha value is -5.42. The molecule has 0 spiro atoms. The van der Waals surface area contributed by atoms with Gasteiger partial charge < -0.3 is 15.4 Å². The molecule has 0 saturated heterocycles. The lowest BCUT2D eigenvalue weighted by atomic mass is 10.0. The van der Waals surface area contributed by atoms with E-state index in [2.05, 4.69) is 47.0 Å². The van der Waals surface area contributed by atoms with Gasteiger partial charge in [0.15, 0.2) is 0 Å². The Kier molecular flexibility index (Phi) is 7.41. The summed E-state index contributed by atoms with van der Waals surface area (Å²) in [5.74, 6) is 0.902. The molecule has 0 fully saturated rings. The van der Waals surface area contributed by atoms with E-state index in [1.807, 2.05) is 48.5 Å². The van der Waals surface area contributed by atoms with Crippen LogP contribution in [0.2, 0.25) is 0 Å². The summed E-state index contributed by atoms with van der Waals surface area (Å²) in [4.78, 5) is 25.5. The van der Waals surface area contributed by atoms with Gasteiger partial charge in [0.25, 0.3) is 11.8 Å². The van der Waals surface area contributed by atoms with Crippen molar-refractivity contribution in [1.29, 1.82) is 0 Å². The van der Waals surface area contributed by atoms with Gasteiger partial charge in [-0.25, -0.2) is 0 Å². The first kappa shape index (κ1) is 25.8. The van der Waals surface area contributed by atoms with Gasteiger partial charge in [0.2, 0.25) is 0 Å². The fraction of sp³-hybridized carbons (Fsp3) is 0.0556. The first-order valence-electron chi connectivity index (χ1n) is 13.5. The highest BCUT2D eigenvalue weighted by Gasteiger charge is 2.10. The zero-order valence-corrected chi connectivity index (χ0v) is 22.3. The van der Waals surface area contributed by atoms with Crippen LogP contribution < -0.4 is 15.4 Å². The Bertz CT molecular complexity index is 1700. The number of ether oxygens (including phenoxy) is 1. The molecule has 0 heterocycles. The predicted molar refractivity (Wildman–Crippen MR) is 163 cm³/mol. The van der Waals surface area contributed by atoms with Gasteiger partial charge in [-0.05, 0) is 81.2 Å². The van der Waals surface area contributed by atoms with Crippen LogP contribution in [0.3, 0.4) is 0 Å². The summed E-state index contributed by atoms with van der Waals surface area (Å²) in [7, 11) is 0. The molecule has 0 aliphatic rings. The summed E-state index contributed by atoms with van der Waals surface area (Å²) in [6, 6.07) is 42.5. The summed E-state index contributed by atoms with van der Waals surface area (Å²) >= 11 is 0. The molecule has 0 aliphatic heterocycles. The van der Waals surface area contributed by atoms with Gasteiger partial charge in [-0.15, -0.1) is 0 Å². The monoisotopic (exact) mass is 536 g/mol. The minimum atomic E-state index is -0.150. The third-order valence-corrected chi connectivity index (χ3v) is 7.11. The maximum Gasteiger partial charge on any atom is 0.251 e. The van der Waals surface area contributed by atoms with Crippen molar-refractivity contribution >= 4 is 33.4 Å². The Labute approximate surface area is 238 Å². The van der Waals surface area contributed by atoms with Crippen LogP contribution >= 0.6 is 0 Å². The van der Waals surface area contributed by atoms with Crippen molar-refractivity contribution in [3.8, 4) is 11.5 Å². The Morgan fingerprint density at radius 2 is 0.854 bits per heavy atom. The van der Waals surface area contributed by atoms with Gasteiger partial charge in [0.05, 0.1) is 0 Å². The number of carbonyl (C=O) groups excluding carboxylic acids is 2. The Balaban J connectivity index is 1.03. The van der Waals surface area contributed by atoms with Gasteiger partial charge in [-0.1, -0.05) is 84.9 Å². The second kappa shape index (κ2) is 11.8. The van der Waals surface area contributed by atoms with Crippen molar-refractivity contribution in [2.45, 2.75) is 13.1 Å². The smallest absolute Gasteiger partial charge is 0.251 e. The molecule has 41 heavy (non-hydrogen) atoms. The van der Waals surface area contributed by atoms with Crippen LogP contribution in [0.25, 0.3) is 21.5 Å². The van der Waals surface area contributed by atoms with Crippen molar-refractivity contribution in [3.63, 3.8) is 0 Å². The molecule has 0 unspecified atom stereocenters. The lowest BCUT2D eigenvalue weighted by molar-refractivity contribution is 0.0943. The summed E-state index contributed by atoms with van der Waals surface area (Å²) in [6.07, 6.45) is 0. The van der Waals surface area contributed by atoms with E-state index in [0.717, 1.165) is 32.7 Å². The molecule has 6 aromatic rings. The van der Waals surface area contributed by atoms with Gasteiger partial charge in [0, 0.05) is 24.2 Å². The second-order valence-corrected chi connectivity index (χ2v) is 9.79. The largest absolute Gasteiger partial charge is 0.457 e. The van der Waals surface area contributed by atoms with Crippen molar-refractivity contribution in [1.82, 2.24) is 10.6 Å². The van der Waals surface area contributed by atoms with E-state index in [1.165, 1.54) is 0 Å². The number of nitrogens with one attached hydrogen (secondary N) is 2. The van der Waals surface area contributed by atoms with Crippen molar-refractivity contribution < 1.29 is 14.3 Å². The van der Waals surface area contributed by atoms with Crippen molar-refractivity contribution in [2.75, 3.05) is 0 Å². The van der Waals surface area contributed by atoms with Gasteiger partial charge in [-0.2, -0.15) is 0 Å². The third kappa shape index (κ3) is 5.94. The lowest BCUT2D eigenvalue weighted by Gasteiger charge is -2.10. The average molecular weight is 537 g/mol. The Morgan fingerprint density at radius 1 is 0.463 bits per heavy atom. The van der Waals surface area contributed by atoms with E-state index in [0.29, 0.717) is 35.7 Å². The molecule has 0 radical (unpaired) electrons. The van der Waals surface area contributed by atoms with Gasteiger partial charge in [0.1, 0.15) is 11.5 Å². The van der Waals surface area contributed by atoms with Crippen LogP contribution in [-0.4, -0.2) is 11.8 Å².